The molecule has 646 valence electrons. The molecule has 1 amide bonds. The number of hydrogen-bond acceptors (Lipinski definition) is 28. The number of nitrogens with one attached hydrogen (secondary N) is 1. The number of nitrogens with zero attached hydrogens (tertiary/aromatic N) is 9. The molecule has 0 unspecified atom stereocenters. The standard InChI is InChI=1S/C14H17N3O4S.3C13H17N3O3S.2C13H16N2O3S/c15-14-13-10(9-22(19,20)16-14)3-1-4-11(13)21-8-7-17-6-2-5-12(17)18;2*1-16-6-5-10(7-16)19-11-4-2-3-9-8-20(17,18)15-13(14)12(9)11;14-13-12-9(8-20(17,18)16-13)3-1-5-11(12)19-7-10-4-2-6-15-10;2*14-13-12-9(8-19(16,17)15-13)4-3-7-11(12)18-10-5-1-2-6-10/h1,3-4H,2,5-9H2,(H2,15,16);2*2-4,10H,5-8H2,1H3,(H2,14,15);1,3,5,10,15H,2,4,6-8H2,(H2,14,16);2*3-4,7,10H,1-2,5-6,8H2,(H2,14,15)/t;3*10-;;/m.000../s1. The van der Waals surface area contributed by atoms with Gasteiger partial charge in [0.1, 0.15) is 94.9 Å². The first-order chi connectivity index (χ1) is 57.0. The molecule has 2 aliphatic carbocycles. The van der Waals surface area contributed by atoms with Gasteiger partial charge >= 0.3 is 0 Å². The Morgan fingerprint density at radius 2 is 0.650 bits per heavy atom. The predicted octanol–water partition coefficient (Wildman–Crippen LogP) is 4.35. The number of carbonyl (C=O) groups is 1. The van der Waals surface area contributed by atoms with E-state index in [9.17, 15) is 55.3 Å². The average Bonchev–Trinajstić information content (AvgIpc) is 1.08. The summed E-state index contributed by atoms with van der Waals surface area (Å²) in [7, 11) is -16.9. The van der Waals surface area contributed by atoms with E-state index >= 15 is 0 Å². The van der Waals surface area contributed by atoms with Crippen LogP contribution in [0.25, 0.3) is 0 Å². The van der Waals surface area contributed by atoms with Gasteiger partial charge in [-0.2, -0.15) is 0 Å². The van der Waals surface area contributed by atoms with E-state index in [1.54, 1.807) is 89.8 Å². The lowest BCUT2D eigenvalue weighted by Crippen LogP contribution is -2.30. The fourth-order valence-corrected chi connectivity index (χ4v) is 22.6. The van der Waals surface area contributed by atoms with E-state index in [1.165, 1.54) is 25.7 Å². The third-order valence-corrected chi connectivity index (χ3v) is 28.4. The highest BCUT2D eigenvalue weighted by molar-refractivity contribution is 7.91. The zero-order valence-electron chi connectivity index (χ0n) is 66.5. The molecule has 10 aliphatic heterocycles. The van der Waals surface area contributed by atoms with Crippen molar-refractivity contribution >= 4 is 101 Å². The van der Waals surface area contributed by atoms with Crippen LogP contribution >= 0.6 is 0 Å². The number of benzene rings is 6. The lowest BCUT2D eigenvalue weighted by Gasteiger charge is -2.20. The first kappa shape index (κ1) is 87.8. The summed E-state index contributed by atoms with van der Waals surface area (Å²) in [6.07, 6.45) is 15.1. The molecule has 10 heterocycles. The van der Waals surface area contributed by atoms with Crippen molar-refractivity contribution in [3.8, 4) is 34.5 Å². The average molecular weight is 1770 g/mol. The van der Waals surface area contributed by atoms with Gasteiger partial charge < -0.3 is 82.8 Å². The molecule has 0 spiro atoms. The van der Waals surface area contributed by atoms with E-state index in [2.05, 4.69) is 41.5 Å². The Morgan fingerprint density at radius 1 is 0.358 bits per heavy atom. The molecule has 2 saturated carbocycles. The maximum Gasteiger partial charge on any atom is 0.259 e. The van der Waals surface area contributed by atoms with Gasteiger partial charge in [0.2, 0.25) is 5.91 Å². The number of nitrogens with two attached hydrogens (primary N) is 6. The molecule has 6 aromatic carbocycles. The Bertz CT molecular complexity index is 5580. The lowest BCUT2D eigenvalue weighted by molar-refractivity contribution is -0.128. The number of amides is 1. The van der Waals surface area contributed by atoms with Crippen LogP contribution in [0.3, 0.4) is 0 Å². The van der Waals surface area contributed by atoms with E-state index in [0.717, 1.165) is 97.1 Å². The van der Waals surface area contributed by atoms with Crippen LogP contribution in [0.4, 0.5) is 0 Å². The molecule has 0 radical (unpaired) electrons. The summed E-state index contributed by atoms with van der Waals surface area (Å²) < 4.78 is 196. The van der Waals surface area contributed by atoms with Crippen LogP contribution in [0.5, 0.6) is 34.5 Å². The van der Waals surface area contributed by atoms with E-state index in [4.69, 9.17) is 62.8 Å². The summed E-state index contributed by atoms with van der Waals surface area (Å²) >= 11 is 0. The Balaban J connectivity index is 0.000000125. The fourth-order valence-electron chi connectivity index (χ4n) is 16.1. The summed E-state index contributed by atoms with van der Waals surface area (Å²) in [4.78, 5) is 17.7. The van der Waals surface area contributed by atoms with Crippen molar-refractivity contribution in [2.45, 2.75) is 155 Å². The highest BCUT2D eigenvalue weighted by atomic mass is 32.2. The van der Waals surface area contributed by atoms with Gasteiger partial charge in [0.25, 0.3) is 60.1 Å². The van der Waals surface area contributed by atoms with Gasteiger partial charge in [-0.25, -0.2) is 50.5 Å². The summed E-state index contributed by atoms with van der Waals surface area (Å²) in [6.45, 7) is 6.89. The molecule has 120 heavy (non-hydrogen) atoms. The lowest BCUT2D eigenvalue weighted by atomic mass is 10.1. The Hall–Kier alpha value is -10.0. The van der Waals surface area contributed by atoms with Crippen molar-refractivity contribution in [3.05, 3.63) is 176 Å². The molecule has 3 atom stereocenters. The van der Waals surface area contributed by atoms with Crippen LogP contribution in [0.15, 0.2) is 136 Å². The smallest absolute Gasteiger partial charge is 0.259 e. The number of carbonyl (C=O) groups excluding carboxylic acids is 1. The summed E-state index contributed by atoms with van der Waals surface area (Å²) in [5, 5.41) is 3.35. The van der Waals surface area contributed by atoms with Crippen LogP contribution < -0.4 is 68.1 Å². The molecular weight excluding hydrogens is 1670 g/mol. The first-order valence-electron chi connectivity index (χ1n) is 39.5. The molecule has 35 nitrogen and oxygen atoms in total. The van der Waals surface area contributed by atoms with E-state index in [1.807, 2.05) is 38.4 Å². The second-order valence-corrected chi connectivity index (χ2v) is 40.8. The largest absolute Gasteiger partial charge is 0.491 e. The number of fused-ring (bicyclic) bond motifs is 6. The number of amidine groups is 6. The molecule has 0 bridgehead atoms. The Kier molecular flexibility index (Phi) is 27.2. The minimum atomic E-state index is -3.55. The minimum absolute atomic E-state index is 0.0150. The predicted molar refractivity (Wildman–Crippen MR) is 455 cm³/mol. The maximum absolute atomic E-state index is 11.6. The monoisotopic (exact) mass is 1770 g/mol. The van der Waals surface area contributed by atoms with Crippen LogP contribution in [-0.4, -0.2) is 210 Å². The van der Waals surface area contributed by atoms with Crippen molar-refractivity contribution < 1.29 is 83.7 Å². The summed E-state index contributed by atoms with van der Waals surface area (Å²) in [5.41, 5.74) is 42.3. The van der Waals surface area contributed by atoms with Gasteiger partial charge in [0, 0.05) is 45.2 Å². The Morgan fingerprint density at radius 3 is 0.925 bits per heavy atom. The number of likely N-dealkylation sites (N-methyl/N-ethyl adjacent to an activating group) is 2. The summed E-state index contributed by atoms with van der Waals surface area (Å²) in [5.74, 6) is 3.14. The van der Waals surface area contributed by atoms with Gasteiger partial charge in [-0.05, 0) is 174 Å². The zero-order chi connectivity index (χ0) is 85.5. The molecule has 18 rings (SSSR count). The number of likely N-dealkylation sites (tertiary alicyclic amines) is 3. The Labute approximate surface area is 699 Å². The third kappa shape index (κ3) is 22.6. The van der Waals surface area contributed by atoms with Crippen molar-refractivity contribution in [1.82, 2.24) is 20.0 Å². The van der Waals surface area contributed by atoms with Crippen molar-refractivity contribution in [2.75, 3.05) is 73.1 Å². The van der Waals surface area contributed by atoms with Crippen molar-refractivity contribution in [3.63, 3.8) is 0 Å². The number of hydrogen-bond donors (Lipinski definition) is 7. The molecule has 41 heteroatoms. The number of sulfonamides is 6. The van der Waals surface area contributed by atoms with E-state index in [-0.39, 0.29) is 99.9 Å². The fraction of sp³-hybridized carbons (Fsp3) is 0.456. The molecule has 13 N–H and O–H groups in total. The number of ether oxygens (including phenoxy) is 6. The van der Waals surface area contributed by atoms with E-state index in [0.29, 0.717) is 133 Å². The van der Waals surface area contributed by atoms with E-state index < -0.39 is 60.1 Å². The SMILES string of the molecule is CN1CC[C@H](Oc2cccc3c2C(N)=NS(=O)(=O)C3)C1.CN1CC[C@H](Oc2cccc3c2C(N)=NS(=O)(=O)C3)C1.NC1=NS(=O)(=O)Cc2cccc(OC3CCCC3)c21.NC1=NS(=O)(=O)Cc2cccc(OC3CCCC3)c21.NC1=NS(=O)(=O)Cc2cccc(OCCN3CCCC3=O)c21.NC1=NS(=O)(=O)Cc2cccc(OC[C@@H]3CCCN3)c21. The first-order valence-corrected chi connectivity index (χ1v) is 49.2. The quantitative estimate of drug-likeness (QED) is 0.0751. The van der Waals surface area contributed by atoms with Crippen LogP contribution in [0.2, 0.25) is 0 Å². The maximum atomic E-state index is 11.6. The normalized spacial score (nSPS) is 22.9. The second-order valence-electron chi connectivity index (χ2n) is 31.0. The van der Waals surface area contributed by atoms with Gasteiger partial charge in [-0.3, -0.25) is 4.79 Å². The van der Waals surface area contributed by atoms with Gasteiger partial charge in [0.15, 0.2) is 0 Å². The van der Waals surface area contributed by atoms with Gasteiger partial charge in [-0.1, -0.05) is 72.8 Å². The van der Waals surface area contributed by atoms with Crippen LogP contribution in [-0.2, 0) is 99.5 Å². The van der Waals surface area contributed by atoms with Gasteiger partial charge in [-0.15, -0.1) is 26.4 Å². The van der Waals surface area contributed by atoms with Crippen LogP contribution in [0, 0.1) is 0 Å². The summed E-state index contributed by atoms with van der Waals surface area (Å²) in [6, 6.07) is 32.3. The van der Waals surface area contributed by atoms with Crippen molar-refractivity contribution in [1.29, 1.82) is 0 Å². The molecule has 6 aromatic rings. The molecule has 6 fully saturated rings. The molecule has 0 aromatic heterocycles. The third-order valence-electron chi connectivity index (χ3n) is 21.5. The molecular formula is C79H100N16O19S6. The molecule has 4 saturated heterocycles. The van der Waals surface area contributed by atoms with Crippen molar-refractivity contribution in [2.24, 2.45) is 60.8 Å². The highest BCUT2D eigenvalue weighted by Crippen LogP contribution is 2.37. The highest BCUT2D eigenvalue weighted by Gasteiger charge is 2.35. The van der Waals surface area contributed by atoms with Crippen LogP contribution in [0.1, 0.15) is 157 Å². The van der Waals surface area contributed by atoms with Gasteiger partial charge in [0.05, 0.1) is 86.7 Å². The molecule has 12 aliphatic rings. The number of rotatable bonds is 15. The minimum Gasteiger partial charge on any atom is -0.491 e. The topological polar surface area (TPSA) is 529 Å². The second kappa shape index (κ2) is 37.1. The zero-order valence-corrected chi connectivity index (χ0v) is 71.4.